The maximum absolute atomic E-state index is 10.5. The lowest BCUT2D eigenvalue weighted by molar-refractivity contribution is -0.144. The molecule has 0 heterocycles. The van der Waals surface area contributed by atoms with E-state index in [0.29, 0.717) is 6.54 Å². The van der Waals surface area contributed by atoms with Crippen molar-refractivity contribution in [1.29, 1.82) is 0 Å². The summed E-state index contributed by atoms with van der Waals surface area (Å²) >= 11 is 17.2. The van der Waals surface area contributed by atoms with E-state index in [4.69, 9.17) is 55.5 Å². The fourth-order valence-electron chi connectivity index (χ4n) is 0.835. The van der Waals surface area contributed by atoms with Crippen molar-refractivity contribution in [2.24, 2.45) is 5.73 Å². The lowest BCUT2D eigenvalue weighted by atomic mass is 10.3. The Bertz CT molecular complexity index is 455. The smallest absolute Gasteiger partial charge is 0.344 e. The first-order valence-corrected chi connectivity index (χ1v) is 6.74. The molecule has 1 rings (SSSR count). The zero-order valence-electron chi connectivity index (χ0n) is 10.9. The van der Waals surface area contributed by atoms with Crippen molar-refractivity contribution in [1.82, 2.24) is 0 Å². The molecule has 1 aromatic carbocycles. The largest absolute Gasteiger partial charge is 0.479 e. The first kappa shape index (κ1) is 19.3. The number of ether oxygens (including phenoxy) is 1. The van der Waals surface area contributed by atoms with Crippen molar-refractivity contribution in [3.8, 4) is 5.75 Å². The Morgan fingerprint density at radius 3 is 2.10 bits per heavy atom. The molecule has 1 aromatic rings. The number of aliphatic carboxylic acids is 1. The molecule has 0 radical (unpaired) electrons. The number of halogens is 3. The van der Waals surface area contributed by atoms with Crippen LogP contribution in [0.5, 0.6) is 5.75 Å². The summed E-state index contributed by atoms with van der Waals surface area (Å²) in [7, 11) is 0. The minimum absolute atomic E-state index is 0.195. The molecule has 2 unspecified atom stereocenters. The minimum atomic E-state index is -1.09. The second kappa shape index (κ2) is 9.26. The van der Waals surface area contributed by atoms with Gasteiger partial charge in [0.1, 0.15) is 5.75 Å². The molecule has 20 heavy (non-hydrogen) atoms. The first-order valence-electron chi connectivity index (χ1n) is 5.61. The van der Waals surface area contributed by atoms with E-state index in [-0.39, 0.29) is 26.9 Å². The topological polar surface area (TPSA) is 92.8 Å². The Hall–Kier alpha value is -0.720. The van der Waals surface area contributed by atoms with Gasteiger partial charge in [0.2, 0.25) is 0 Å². The maximum atomic E-state index is 10.5. The predicted octanol–water partition coefficient (Wildman–Crippen LogP) is 2.82. The summed E-state index contributed by atoms with van der Waals surface area (Å²) in [5, 5.41) is 17.6. The summed E-state index contributed by atoms with van der Waals surface area (Å²) in [6.45, 7) is 3.40. The van der Waals surface area contributed by atoms with E-state index < -0.39 is 12.1 Å². The molecule has 0 amide bonds. The van der Waals surface area contributed by atoms with E-state index in [1.807, 2.05) is 0 Å². The van der Waals surface area contributed by atoms with Crippen molar-refractivity contribution >= 4 is 40.8 Å². The van der Waals surface area contributed by atoms with Crippen LogP contribution in [0.25, 0.3) is 0 Å². The van der Waals surface area contributed by atoms with Gasteiger partial charge in [-0.3, -0.25) is 0 Å². The number of aliphatic hydroxyl groups excluding tert-OH is 1. The first-order chi connectivity index (χ1) is 9.18. The predicted molar refractivity (Wildman–Crippen MR) is 79.9 cm³/mol. The van der Waals surface area contributed by atoms with Crippen LogP contribution in [0, 0.1) is 0 Å². The summed E-state index contributed by atoms with van der Waals surface area (Å²) in [6, 6.07) is 2.78. The number of hydrogen-bond acceptors (Lipinski definition) is 4. The van der Waals surface area contributed by atoms with Crippen molar-refractivity contribution in [2.45, 2.75) is 26.1 Å². The van der Waals surface area contributed by atoms with Crippen molar-refractivity contribution in [3.63, 3.8) is 0 Å². The van der Waals surface area contributed by atoms with Crippen molar-refractivity contribution < 1.29 is 19.7 Å². The Balaban J connectivity index is 0.000000621. The number of carboxylic acids is 1. The molecule has 2 atom stereocenters. The van der Waals surface area contributed by atoms with Crippen molar-refractivity contribution in [3.05, 3.63) is 27.2 Å². The van der Waals surface area contributed by atoms with Crippen LogP contribution in [-0.4, -0.2) is 34.9 Å². The molecule has 0 spiro atoms. The molecule has 0 fully saturated rings. The third-order valence-corrected chi connectivity index (χ3v) is 2.98. The molecule has 0 saturated carbocycles. The summed E-state index contributed by atoms with van der Waals surface area (Å²) in [5.74, 6) is -0.891. The van der Waals surface area contributed by atoms with Crippen LogP contribution in [0.1, 0.15) is 13.8 Å². The van der Waals surface area contributed by atoms with Gasteiger partial charge in [-0.15, -0.1) is 0 Å². The van der Waals surface area contributed by atoms with Crippen molar-refractivity contribution in [2.75, 3.05) is 6.54 Å². The van der Waals surface area contributed by atoms with Gasteiger partial charge < -0.3 is 20.7 Å². The molecule has 0 aliphatic carbocycles. The van der Waals surface area contributed by atoms with Crippen LogP contribution in [0.3, 0.4) is 0 Å². The Labute approximate surface area is 132 Å². The number of hydrogen-bond donors (Lipinski definition) is 3. The van der Waals surface area contributed by atoms with Crippen LogP contribution < -0.4 is 10.5 Å². The number of aliphatic hydroxyl groups is 1. The molecule has 0 aliphatic heterocycles. The van der Waals surface area contributed by atoms with Crippen LogP contribution in [-0.2, 0) is 4.79 Å². The Morgan fingerprint density at radius 1 is 1.25 bits per heavy atom. The highest BCUT2D eigenvalue weighted by Gasteiger charge is 2.15. The van der Waals surface area contributed by atoms with Gasteiger partial charge in [-0.25, -0.2) is 4.79 Å². The fraction of sp³-hybridized carbons (Fsp3) is 0.417. The molecule has 0 aliphatic rings. The SMILES string of the molecule is CC(O)CN.CC(Oc1cc(Cl)c(Cl)cc1Cl)C(=O)O. The van der Waals surface area contributed by atoms with Gasteiger partial charge in [-0.05, 0) is 19.9 Å². The summed E-state index contributed by atoms with van der Waals surface area (Å²) < 4.78 is 5.07. The van der Waals surface area contributed by atoms with Gasteiger partial charge in [0.15, 0.2) is 6.10 Å². The van der Waals surface area contributed by atoms with E-state index in [1.165, 1.54) is 19.1 Å². The Morgan fingerprint density at radius 2 is 1.70 bits per heavy atom. The molecule has 0 saturated heterocycles. The van der Waals surface area contributed by atoms with Gasteiger partial charge in [-0.2, -0.15) is 0 Å². The quantitative estimate of drug-likeness (QED) is 0.730. The van der Waals surface area contributed by atoms with Gasteiger partial charge in [0.25, 0.3) is 0 Å². The summed E-state index contributed by atoms with van der Waals surface area (Å²) in [5.41, 5.74) is 4.92. The fourth-order valence-corrected chi connectivity index (χ4v) is 1.42. The lowest BCUT2D eigenvalue weighted by Gasteiger charge is -2.12. The molecule has 4 N–H and O–H groups in total. The zero-order chi connectivity index (χ0) is 15.9. The molecule has 114 valence electrons. The molecular formula is C12H16Cl3NO4. The van der Waals surface area contributed by atoms with Gasteiger partial charge in [0, 0.05) is 12.6 Å². The number of nitrogens with two attached hydrogens (primary N) is 1. The molecule has 8 heteroatoms. The standard InChI is InChI=1S/C9H7Cl3O3.C3H9NO/c1-4(9(13)14)15-8-3-6(11)5(10)2-7(8)12;1-3(5)2-4/h2-4H,1H3,(H,13,14);3,5H,2,4H2,1H3. The highest BCUT2D eigenvalue weighted by molar-refractivity contribution is 6.43. The summed E-state index contributed by atoms with van der Waals surface area (Å²) in [4.78, 5) is 10.5. The van der Waals surface area contributed by atoms with E-state index in [9.17, 15) is 4.79 Å². The van der Waals surface area contributed by atoms with Crippen LogP contribution in [0.2, 0.25) is 15.1 Å². The number of rotatable bonds is 4. The van der Waals surface area contributed by atoms with E-state index >= 15 is 0 Å². The number of carboxylic acid groups (broad SMARTS) is 1. The molecule has 0 aromatic heterocycles. The second-order valence-corrected chi connectivity index (χ2v) is 5.10. The van der Waals surface area contributed by atoms with Gasteiger partial charge >= 0.3 is 5.97 Å². The van der Waals surface area contributed by atoms with E-state index in [2.05, 4.69) is 0 Å². The monoisotopic (exact) mass is 343 g/mol. The summed E-state index contributed by atoms with van der Waals surface area (Å²) in [6.07, 6.45) is -1.34. The maximum Gasteiger partial charge on any atom is 0.344 e. The average molecular weight is 345 g/mol. The molecule has 0 bridgehead atoms. The second-order valence-electron chi connectivity index (χ2n) is 3.88. The Kier molecular flexibility index (Phi) is 8.93. The highest BCUT2D eigenvalue weighted by Crippen LogP contribution is 2.34. The normalized spacial score (nSPS) is 12.9. The zero-order valence-corrected chi connectivity index (χ0v) is 13.2. The van der Waals surface area contributed by atoms with Gasteiger partial charge in [0.05, 0.1) is 21.2 Å². The molecular weight excluding hydrogens is 328 g/mol. The third-order valence-electron chi connectivity index (χ3n) is 1.97. The number of benzene rings is 1. The third kappa shape index (κ3) is 7.17. The van der Waals surface area contributed by atoms with Crippen LogP contribution >= 0.6 is 34.8 Å². The van der Waals surface area contributed by atoms with E-state index in [1.54, 1.807) is 6.92 Å². The highest BCUT2D eigenvalue weighted by atomic mass is 35.5. The number of carbonyl (C=O) groups is 1. The van der Waals surface area contributed by atoms with Crippen LogP contribution in [0.4, 0.5) is 0 Å². The van der Waals surface area contributed by atoms with E-state index in [0.717, 1.165) is 0 Å². The van der Waals surface area contributed by atoms with Crippen LogP contribution in [0.15, 0.2) is 12.1 Å². The van der Waals surface area contributed by atoms with Gasteiger partial charge in [-0.1, -0.05) is 34.8 Å². The molecule has 5 nitrogen and oxygen atoms in total. The lowest BCUT2D eigenvalue weighted by Crippen LogP contribution is -2.22. The minimum Gasteiger partial charge on any atom is -0.479 e. The average Bonchev–Trinajstić information content (AvgIpc) is 2.36.